The van der Waals surface area contributed by atoms with E-state index in [0.29, 0.717) is 17.9 Å². The van der Waals surface area contributed by atoms with Crippen LogP contribution in [-0.2, 0) is 15.7 Å². The monoisotopic (exact) mass is 291 g/mol. The molecule has 0 saturated carbocycles. The lowest BCUT2D eigenvalue weighted by atomic mass is 9.78. The predicted octanol–water partition coefficient (Wildman–Crippen LogP) is 3.10. The second kappa shape index (κ2) is 5.40. The summed E-state index contributed by atoms with van der Waals surface area (Å²) in [5, 5.41) is 9.38. The molecule has 0 atom stereocenters. The lowest BCUT2D eigenvalue weighted by Gasteiger charge is -2.32. The van der Waals surface area contributed by atoms with E-state index in [4.69, 9.17) is 26.2 Å². The highest BCUT2D eigenvalue weighted by Crippen LogP contribution is 2.36. The first-order valence-electron chi connectivity index (χ1n) is 6.78. The number of rotatable bonds is 3. The summed E-state index contributed by atoms with van der Waals surface area (Å²) in [7, 11) is -0.391. The number of nitrogens with zero attached hydrogens (tertiary/aromatic N) is 1. The Morgan fingerprint density at radius 2 is 1.80 bits per heavy atom. The fraction of sp³-hybridized carbons (Fsp3) is 0.533. The summed E-state index contributed by atoms with van der Waals surface area (Å²) >= 11 is 6.16. The number of benzene rings is 1. The molecule has 1 aliphatic heterocycles. The van der Waals surface area contributed by atoms with Crippen LogP contribution in [0.5, 0.6) is 0 Å². The van der Waals surface area contributed by atoms with Crippen molar-refractivity contribution in [3.8, 4) is 6.07 Å². The molecule has 1 aromatic rings. The van der Waals surface area contributed by atoms with Crippen LogP contribution in [0.2, 0.25) is 5.02 Å². The van der Waals surface area contributed by atoms with Gasteiger partial charge in [0.1, 0.15) is 0 Å². The summed E-state index contributed by atoms with van der Waals surface area (Å²) in [5.41, 5.74) is 1.19. The van der Waals surface area contributed by atoms with Crippen LogP contribution in [0.3, 0.4) is 0 Å². The second-order valence-electron chi connectivity index (χ2n) is 6.10. The van der Waals surface area contributed by atoms with Gasteiger partial charge in [0.15, 0.2) is 0 Å². The zero-order chi connectivity index (χ0) is 15.0. The summed E-state index contributed by atoms with van der Waals surface area (Å²) < 4.78 is 12.0. The standard InChI is InChI=1S/C15H19BClNO2/c1-14(2)15(3,4)20-16(19-14)12-7-8-13(17)11(10-12)6-5-9-18/h7-8,10H,5-6H2,1-4H3. The van der Waals surface area contributed by atoms with Gasteiger partial charge in [0.2, 0.25) is 0 Å². The van der Waals surface area contributed by atoms with Gasteiger partial charge < -0.3 is 9.31 Å². The zero-order valence-electron chi connectivity index (χ0n) is 12.4. The van der Waals surface area contributed by atoms with Gasteiger partial charge in [-0.3, -0.25) is 0 Å². The fourth-order valence-corrected chi connectivity index (χ4v) is 2.31. The Morgan fingerprint density at radius 3 is 2.35 bits per heavy atom. The third-order valence-electron chi connectivity index (χ3n) is 4.10. The maximum Gasteiger partial charge on any atom is 0.494 e. The molecule has 1 aromatic carbocycles. The summed E-state index contributed by atoms with van der Waals surface area (Å²) in [6, 6.07) is 7.87. The SMILES string of the molecule is CC1(C)OB(c2ccc(Cl)c(CCC#N)c2)OC1(C)C. The van der Waals surface area contributed by atoms with E-state index in [0.717, 1.165) is 11.0 Å². The number of hydrogen-bond acceptors (Lipinski definition) is 3. The minimum atomic E-state index is -0.391. The number of halogens is 1. The number of aryl methyl sites for hydroxylation is 1. The van der Waals surface area contributed by atoms with Gasteiger partial charge in [0.25, 0.3) is 0 Å². The lowest BCUT2D eigenvalue weighted by Crippen LogP contribution is -2.41. The zero-order valence-corrected chi connectivity index (χ0v) is 13.1. The van der Waals surface area contributed by atoms with Crippen molar-refractivity contribution in [3.63, 3.8) is 0 Å². The van der Waals surface area contributed by atoms with Crippen molar-refractivity contribution in [1.82, 2.24) is 0 Å². The molecule has 0 amide bonds. The van der Waals surface area contributed by atoms with Crippen LogP contribution in [0, 0.1) is 11.3 Å². The predicted molar refractivity (Wildman–Crippen MR) is 81.1 cm³/mol. The molecular weight excluding hydrogens is 272 g/mol. The van der Waals surface area contributed by atoms with Crippen molar-refractivity contribution in [2.45, 2.75) is 51.7 Å². The van der Waals surface area contributed by atoms with Crippen LogP contribution in [0.1, 0.15) is 39.7 Å². The molecule has 0 unspecified atom stereocenters. The van der Waals surface area contributed by atoms with E-state index in [1.165, 1.54) is 0 Å². The average Bonchev–Trinajstić information content (AvgIpc) is 2.57. The first kappa shape index (κ1) is 15.4. The molecule has 1 saturated heterocycles. The summed E-state index contributed by atoms with van der Waals surface area (Å²) in [5.74, 6) is 0. The smallest absolute Gasteiger partial charge is 0.399 e. The van der Waals surface area contributed by atoms with Crippen molar-refractivity contribution in [2.75, 3.05) is 0 Å². The van der Waals surface area contributed by atoms with Gasteiger partial charge in [-0.25, -0.2) is 0 Å². The van der Waals surface area contributed by atoms with Crippen molar-refractivity contribution in [3.05, 3.63) is 28.8 Å². The van der Waals surface area contributed by atoms with Crippen LogP contribution in [-0.4, -0.2) is 18.3 Å². The lowest BCUT2D eigenvalue weighted by molar-refractivity contribution is 0.00578. The normalized spacial score (nSPS) is 19.9. The van der Waals surface area contributed by atoms with Crippen molar-refractivity contribution < 1.29 is 9.31 Å². The average molecular weight is 292 g/mol. The second-order valence-corrected chi connectivity index (χ2v) is 6.50. The molecule has 0 aromatic heterocycles. The van der Waals surface area contributed by atoms with Gasteiger partial charge in [0.05, 0.1) is 17.3 Å². The Balaban J connectivity index is 2.25. The number of hydrogen-bond donors (Lipinski definition) is 0. The van der Waals surface area contributed by atoms with Gasteiger partial charge in [-0.1, -0.05) is 23.7 Å². The molecule has 0 radical (unpaired) electrons. The Labute approximate surface area is 126 Å². The molecule has 1 fully saturated rings. The van der Waals surface area contributed by atoms with Crippen LogP contribution in [0.15, 0.2) is 18.2 Å². The first-order chi connectivity index (χ1) is 9.27. The van der Waals surface area contributed by atoms with E-state index in [9.17, 15) is 0 Å². The van der Waals surface area contributed by atoms with Crippen molar-refractivity contribution in [2.24, 2.45) is 0 Å². The highest BCUT2D eigenvalue weighted by Gasteiger charge is 2.51. The maximum absolute atomic E-state index is 8.69. The summed E-state index contributed by atoms with van der Waals surface area (Å²) in [6.07, 6.45) is 1.09. The molecule has 0 aliphatic carbocycles. The van der Waals surface area contributed by atoms with Crippen LogP contribution in [0.4, 0.5) is 0 Å². The third kappa shape index (κ3) is 2.86. The molecular formula is C15H19BClNO2. The van der Waals surface area contributed by atoms with E-state index in [1.807, 2.05) is 45.9 Å². The minimum absolute atomic E-state index is 0.357. The van der Waals surface area contributed by atoms with E-state index < -0.39 is 7.12 Å². The van der Waals surface area contributed by atoms with Gasteiger partial charge in [-0.05, 0) is 51.2 Å². The van der Waals surface area contributed by atoms with E-state index in [2.05, 4.69) is 6.07 Å². The molecule has 1 heterocycles. The van der Waals surface area contributed by atoms with E-state index in [-0.39, 0.29) is 11.2 Å². The third-order valence-corrected chi connectivity index (χ3v) is 4.47. The van der Waals surface area contributed by atoms with Gasteiger partial charge in [0, 0.05) is 11.4 Å². The number of nitriles is 1. The van der Waals surface area contributed by atoms with Gasteiger partial charge in [-0.2, -0.15) is 5.26 Å². The molecule has 5 heteroatoms. The molecule has 1 aliphatic rings. The molecule has 0 spiro atoms. The van der Waals surface area contributed by atoms with Gasteiger partial charge >= 0.3 is 7.12 Å². The molecule has 2 rings (SSSR count). The molecule has 3 nitrogen and oxygen atoms in total. The first-order valence-corrected chi connectivity index (χ1v) is 7.15. The van der Waals surface area contributed by atoms with Gasteiger partial charge in [-0.15, -0.1) is 0 Å². The molecule has 20 heavy (non-hydrogen) atoms. The molecule has 106 valence electrons. The van der Waals surface area contributed by atoms with Crippen molar-refractivity contribution >= 4 is 24.2 Å². The topological polar surface area (TPSA) is 42.2 Å². The summed E-state index contributed by atoms with van der Waals surface area (Å²) in [6.45, 7) is 8.11. The highest BCUT2D eigenvalue weighted by molar-refractivity contribution is 6.62. The largest absolute Gasteiger partial charge is 0.494 e. The maximum atomic E-state index is 8.69. The summed E-state index contributed by atoms with van der Waals surface area (Å²) in [4.78, 5) is 0. The molecule has 0 N–H and O–H groups in total. The van der Waals surface area contributed by atoms with Crippen molar-refractivity contribution in [1.29, 1.82) is 5.26 Å². The Morgan fingerprint density at radius 1 is 1.20 bits per heavy atom. The Bertz CT molecular complexity index is 535. The quantitative estimate of drug-likeness (QED) is 0.804. The fourth-order valence-electron chi connectivity index (χ4n) is 2.10. The highest BCUT2D eigenvalue weighted by atomic mass is 35.5. The van der Waals surface area contributed by atoms with Crippen LogP contribution < -0.4 is 5.46 Å². The van der Waals surface area contributed by atoms with E-state index >= 15 is 0 Å². The van der Waals surface area contributed by atoms with E-state index in [1.54, 1.807) is 0 Å². The Hall–Kier alpha value is -1.02. The van der Waals surface area contributed by atoms with Crippen LogP contribution >= 0.6 is 11.6 Å². The van der Waals surface area contributed by atoms with Crippen LogP contribution in [0.25, 0.3) is 0 Å². The molecule has 0 bridgehead atoms. The minimum Gasteiger partial charge on any atom is -0.399 e. The Kier molecular flexibility index (Phi) is 4.15.